The van der Waals surface area contributed by atoms with Crippen molar-refractivity contribution >= 4 is 5.91 Å². The van der Waals surface area contributed by atoms with Crippen LogP contribution in [-0.2, 0) is 16.0 Å². The highest BCUT2D eigenvalue weighted by Crippen LogP contribution is 2.21. The Labute approximate surface area is 160 Å². The molecule has 1 aliphatic heterocycles. The Kier molecular flexibility index (Phi) is 6.23. The lowest BCUT2D eigenvalue weighted by Gasteiger charge is -2.44. The molecule has 7 heteroatoms. The Morgan fingerprint density at radius 2 is 1.96 bits per heavy atom. The molecule has 0 N–H and O–H groups in total. The van der Waals surface area contributed by atoms with E-state index in [0.29, 0.717) is 31.4 Å². The summed E-state index contributed by atoms with van der Waals surface area (Å²) in [6.45, 7) is 9.28. The van der Waals surface area contributed by atoms with Crippen LogP contribution in [0.2, 0.25) is 0 Å². The first-order valence-electron chi connectivity index (χ1n) is 9.40. The van der Waals surface area contributed by atoms with Gasteiger partial charge in [0.1, 0.15) is 6.42 Å². The summed E-state index contributed by atoms with van der Waals surface area (Å²) in [6, 6.07) is 8.44. The number of piperazine rings is 1. The van der Waals surface area contributed by atoms with Crippen molar-refractivity contribution in [3.05, 3.63) is 35.7 Å². The third kappa shape index (κ3) is 4.54. The molecular weight excluding hydrogens is 344 g/mol. The Morgan fingerprint density at radius 1 is 1.26 bits per heavy atom. The van der Waals surface area contributed by atoms with Crippen LogP contribution in [0.1, 0.15) is 25.3 Å². The van der Waals surface area contributed by atoms with Crippen LogP contribution in [-0.4, -0.2) is 71.3 Å². The van der Waals surface area contributed by atoms with Crippen LogP contribution in [0, 0.1) is 6.92 Å². The number of hydrogen-bond donors (Lipinski definition) is 0. The number of carbonyl (C=O) groups excluding carboxylic acids is 1. The van der Waals surface area contributed by atoms with E-state index in [0.717, 1.165) is 17.7 Å². The van der Waals surface area contributed by atoms with Crippen molar-refractivity contribution in [2.24, 2.45) is 0 Å². The molecule has 0 bridgehead atoms. The number of rotatable bonds is 6. The van der Waals surface area contributed by atoms with E-state index in [1.54, 1.807) is 7.11 Å². The smallest absolute Gasteiger partial charge is 0.236 e. The summed E-state index contributed by atoms with van der Waals surface area (Å²) in [7, 11) is 1.71. The lowest BCUT2D eigenvalue weighted by Crippen LogP contribution is -2.58. The van der Waals surface area contributed by atoms with Crippen LogP contribution in [0.5, 0.6) is 0 Å². The van der Waals surface area contributed by atoms with Crippen molar-refractivity contribution in [2.45, 2.75) is 39.3 Å². The van der Waals surface area contributed by atoms with Crippen LogP contribution in [0.3, 0.4) is 0 Å². The van der Waals surface area contributed by atoms with Gasteiger partial charge < -0.3 is 14.2 Å². The number of nitrogens with zero attached hydrogens (tertiary/aromatic N) is 4. The van der Waals surface area contributed by atoms with Gasteiger partial charge in [-0.2, -0.15) is 4.98 Å². The van der Waals surface area contributed by atoms with E-state index in [9.17, 15) is 4.79 Å². The average molecular weight is 372 g/mol. The molecule has 1 aliphatic rings. The number of methoxy groups -OCH3 is 1. The topological polar surface area (TPSA) is 71.7 Å². The van der Waals surface area contributed by atoms with Gasteiger partial charge in [0.25, 0.3) is 0 Å². The Hall–Kier alpha value is -2.25. The summed E-state index contributed by atoms with van der Waals surface area (Å²) in [6.07, 6.45) is 0.135. The fourth-order valence-electron chi connectivity index (χ4n) is 3.70. The largest absolute Gasteiger partial charge is 0.383 e. The molecule has 2 heterocycles. The van der Waals surface area contributed by atoms with Gasteiger partial charge in [-0.05, 0) is 26.3 Å². The van der Waals surface area contributed by atoms with E-state index in [2.05, 4.69) is 28.9 Å². The molecule has 1 aromatic carbocycles. The van der Waals surface area contributed by atoms with Gasteiger partial charge in [-0.3, -0.25) is 9.69 Å². The van der Waals surface area contributed by atoms with Crippen molar-refractivity contribution in [2.75, 3.05) is 33.4 Å². The standard InChI is InChI=1S/C20H28N4O3/c1-14-7-5-6-8-17(14)20-21-18(27-22-20)11-19(25)23-12-15(2)24(9-10-26-4)16(3)13-23/h5-8,15-16H,9-13H2,1-4H3. The van der Waals surface area contributed by atoms with Gasteiger partial charge in [-0.15, -0.1) is 0 Å². The number of amides is 1. The number of hydrogen-bond acceptors (Lipinski definition) is 6. The van der Waals surface area contributed by atoms with E-state index in [-0.39, 0.29) is 24.4 Å². The normalized spacial score (nSPS) is 20.8. The van der Waals surface area contributed by atoms with Crippen LogP contribution in [0.15, 0.2) is 28.8 Å². The van der Waals surface area contributed by atoms with Crippen LogP contribution >= 0.6 is 0 Å². The van der Waals surface area contributed by atoms with Crippen molar-refractivity contribution in [1.82, 2.24) is 19.9 Å². The number of carbonyl (C=O) groups is 1. The first-order valence-corrected chi connectivity index (χ1v) is 9.40. The third-order valence-corrected chi connectivity index (χ3v) is 5.16. The first-order chi connectivity index (χ1) is 13.0. The van der Waals surface area contributed by atoms with Crippen molar-refractivity contribution in [1.29, 1.82) is 0 Å². The zero-order chi connectivity index (χ0) is 19.4. The highest BCUT2D eigenvalue weighted by Gasteiger charge is 2.32. The van der Waals surface area contributed by atoms with Gasteiger partial charge >= 0.3 is 0 Å². The van der Waals surface area contributed by atoms with E-state index in [1.807, 2.05) is 36.1 Å². The molecule has 1 amide bonds. The number of aryl methyl sites for hydroxylation is 1. The van der Waals surface area contributed by atoms with Crippen LogP contribution in [0.25, 0.3) is 11.4 Å². The predicted octanol–water partition coefficient (Wildman–Crippen LogP) is 2.16. The minimum Gasteiger partial charge on any atom is -0.383 e. The Bertz CT molecular complexity index is 764. The molecule has 0 radical (unpaired) electrons. The zero-order valence-electron chi connectivity index (χ0n) is 16.5. The van der Waals surface area contributed by atoms with Crippen LogP contribution < -0.4 is 0 Å². The maximum Gasteiger partial charge on any atom is 0.236 e. The van der Waals surface area contributed by atoms with Crippen molar-refractivity contribution in [3.8, 4) is 11.4 Å². The lowest BCUT2D eigenvalue weighted by atomic mass is 10.1. The molecule has 2 atom stereocenters. The molecule has 2 aromatic rings. The summed E-state index contributed by atoms with van der Waals surface area (Å²) in [5.74, 6) is 0.919. The second-order valence-corrected chi connectivity index (χ2v) is 7.23. The number of ether oxygens (including phenoxy) is 1. The molecule has 0 spiro atoms. The van der Waals surface area contributed by atoms with Gasteiger partial charge in [0.2, 0.25) is 17.6 Å². The highest BCUT2D eigenvalue weighted by atomic mass is 16.5. The average Bonchev–Trinajstić information content (AvgIpc) is 3.09. The maximum atomic E-state index is 12.7. The SMILES string of the molecule is COCCN1C(C)CN(C(=O)Cc2nc(-c3ccccc3C)no2)CC1C. The van der Waals surface area contributed by atoms with Gasteiger partial charge in [-0.25, -0.2) is 0 Å². The van der Waals surface area contributed by atoms with Gasteiger partial charge in [0, 0.05) is 44.4 Å². The summed E-state index contributed by atoms with van der Waals surface area (Å²) in [4.78, 5) is 21.4. The van der Waals surface area contributed by atoms with Crippen molar-refractivity contribution in [3.63, 3.8) is 0 Å². The molecule has 1 saturated heterocycles. The molecule has 1 fully saturated rings. The molecule has 27 heavy (non-hydrogen) atoms. The quantitative estimate of drug-likeness (QED) is 0.774. The summed E-state index contributed by atoms with van der Waals surface area (Å²) in [5.41, 5.74) is 2.00. The maximum absolute atomic E-state index is 12.7. The second kappa shape index (κ2) is 8.63. The highest BCUT2D eigenvalue weighted by molar-refractivity contribution is 5.78. The molecular formula is C20H28N4O3. The number of benzene rings is 1. The number of aromatic nitrogens is 2. The Morgan fingerprint density at radius 3 is 2.63 bits per heavy atom. The van der Waals surface area contributed by atoms with E-state index in [1.165, 1.54) is 0 Å². The third-order valence-electron chi connectivity index (χ3n) is 5.16. The molecule has 146 valence electrons. The van der Waals surface area contributed by atoms with E-state index < -0.39 is 0 Å². The predicted molar refractivity (Wildman–Crippen MR) is 102 cm³/mol. The second-order valence-electron chi connectivity index (χ2n) is 7.23. The Balaban J connectivity index is 1.62. The molecule has 7 nitrogen and oxygen atoms in total. The fraction of sp³-hybridized carbons (Fsp3) is 0.550. The van der Waals surface area contributed by atoms with Gasteiger partial charge in [0.15, 0.2) is 0 Å². The first kappa shape index (κ1) is 19.5. The lowest BCUT2D eigenvalue weighted by molar-refractivity contribution is -0.135. The van der Waals surface area contributed by atoms with Crippen molar-refractivity contribution < 1.29 is 14.1 Å². The minimum absolute atomic E-state index is 0.0278. The molecule has 3 rings (SSSR count). The van der Waals surface area contributed by atoms with E-state index >= 15 is 0 Å². The molecule has 0 saturated carbocycles. The van der Waals surface area contributed by atoms with Crippen LogP contribution in [0.4, 0.5) is 0 Å². The van der Waals surface area contributed by atoms with Gasteiger partial charge in [0.05, 0.1) is 6.61 Å². The van der Waals surface area contributed by atoms with Gasteiger partial charge in [-0.1, -0.05) is 29.4 Å². The fourth-order valence-corrected chi connectivity index (χ4v) is 3.70. The monoisotopic (exact) mass is 372 g/mol. The molecule has 1 aromatic heterocycles. The summed E-state index contributed by atoms with van der Waals surface area (Å²) in [5, 5.41) is 4.04. The molecule has 0 aliphatic carbocycles. The summed E-state index contributed by atoms with van der Waals surface area (Å²) >= 11 is 0. The van der Waals surface area contributed by atoms with E-state index in [4.69, 9.17) is 9.26 Å². The zero-order valence-corrected chi connectivity index (χ0v) is 16.5. The minimum atomic E-state index is 0.0278. The molecule has 2 unspecified atom stereocenters. The summed E-state index contributed by atoms with van der Waals surface area (Å²) < 4.78 is 10.5.